The second-order valence-corrected chi connectivity index (χ2v) is 8.59. The van der Waals surface area contributed by atoms with E-state index in [1.807, 2.05) is 12.1 Å². The molecule has 2 heterocycles. The van der Waals surface area contributed by atoms with Gasteiger partial charge in [-0.05, 0) is 42.3 Å². The van der Waals surface area contributed by atoms with Crippen molar-refractivity contribution in [1.82, 2.24) is 15.8 Å². The van der Waals surface area contributed by atoms with Crippen LogP contribution in [0.3, 0.4) is 0 Å². The number of carbonyl (C=O) groups excluding carboxylic acids is 3. The lowest BCUT2D eigenvalue weighted by Crippen LogP contribution is -2.41. The molecule has 1 fully saturated rings. The smallest absolute Gasteiger partial charge is 0.269 e. The Hall–Kier alpha value is -3.37. The molecule has 10 heteroatoms. The van der Waals surface area contributed by atoms with Gasteiger partial charge in [0, 0.05) is 18.5 Å². The predicted molar refractivity (Wildman–Crippen MR) is 124 cm³/mol. The Morgan fingerprint density at radius 3 is 2.69 bits per heavy atom. The van der Waals surface area contributed by atoms with Crippen LogP contribution in [0.1, 0.15) is 28.8 Å². The highest BCUT2D eigenvalue weighted by molar-refractivity contribution is 8.26. The van der Waals surface area contributed by atoms with Crippen LogP contribution in [0, 0.1) is 0 Å². The molecule has 32 heavy (non-hydrogen) atoms. The second-order valence-electron chi connectivity index (χ2n) is 6.92. The molecule has 0 radical (unpaired) electrons. The van der Waals surface area contributed by atoms with Crippen molar-refractivity contribution in [1.29, 1.82) is 0 Å². The standard InChI is InChI=1S/C22H19N3O5S2/c26-19(23-24-20(27)15-5-2-1-3-6-15)7-4-10-25-21(28)18(32-22(25)31)12-14-8-9-16-17(11-14)30-13-29-16/h1-3,5-6,8-9,11-12H,4,7,10,13H2,(H,23,26)(H,24,27)/b18-12-. The Labute approximate surface area is 193 Å². The Bertz CT molecular complexity index is 1100. The first-order chi connectivity index (χ1) is 15.5. The first-order valence-electron chi connectivity index (χ1n) is 9.80. The number of hydrazine groups is 1. The minimum absolute atomic E-state index is 0.132. The number of hydrogen-bond acceptors (Lipinski definition) is 7. The number of carbonyl (C=O) groups is 3. The fourth-order valence-corrected chi connectivity index (χ4v) is 4.40. The third-order valence-electron chi connectivity index (χ3n) is 4.70. The number of nitrogens with one attached hydrogen (secondary N) is 2. The number of fused-ring (bicyclic) bond motifs is 1. The third-order valence-corrected chi connectivity index (χ3v) is 6.08. The van der Waals surface area contributed by atoms with Gasteiger partial charge in [0.1, 0.15) is 4.32 Å². The van der Waals surface area contributed by atoms with E-state index in [1.54, 1.807) is 42.5 Å². The summed E-state index contributed by atoms with van der Waals surface area (Å²) in [6, 6.07) is 14.0. The predicted octanol–water partition coefficient (Wildman–Crippen LogP) is 2.86. The van der Waals surface area contributed by atoms with Gasteiger partial charge >= 0.3 is 0 Å². The number of thioether (sulfide) groups is 1. The molecule has 1 saturated heterocycles. The minimum Gasteiger partial charge on any atom is -0.454 e. The van der Waals surface area contributed by atoms with Crippen molar-refractivity contribution in [2.75, 3.05) is 13.3 Å². The van der Waals surface area contributed by atoms with Gasteiger partial charge in [-0.25, -0.2) is 0 Å². The molecule has 0 atom stereocenters. The van der Waals surface area contributed by atoms with Crippen LogP contribution in [0.2, 0.25) is 0 Å². The average Bonchev–Trinajstić information content (AvgIpc) is 3.37. The van der Waals surface area contributed by atoms with Gasteiger partial charge in [0.2, 0.25) is 12.7 Å². The summed E-state index contributed by atoms with van der Waals surface area (Å²) in [5, 5.41) is 0. The fourth-order valence-electron chi connectivity index (χ4n) is 3.10. The number of amides is 3. The van der Waals surface area contributed by atoms with E-state index in [2.05, 4.69) is 10.9 Å². The van der Waals surface area contributed by atoms with Gasteiger partial charge in [-0.15, -0.1) is 0 Å². The summed E-state index contributed by atoms with van der Waals surface area (Å²) < 4.78 is 11.1. The topological polar surface area (TPSA) is 97.0 Å². The quantitative estimate of drug-likeness (QED) is 0.381. The van der Waals surface area contributed by atoms with Crippen LogP contribution in [0.4, 0.5) is 0 Å². The minimum atomic E-state index is -0.399. The van der Waals surface area contributed by atoms with Crippen LogP contribution in [0.25, 0.3) is 6.08 Å². The Kier molecular flexibility index (Phi) is 6.72. The lowest BCUT2D eigenvalue weighted by atomic mass is 10.2. The van der Waals surface area contributed by atoms with E-state index in [0.29, 0.717) is 39.3 Å². The lowest BCUT2D eigenvalue weighted by Gasteiger charge is -2.14. The summed E-state index contributed by atoms with van der Waals surface area (Å²) in [6.45, 7) is 0.494. The number of hydrogen-bond donors (Lipinski definition) is 2. The normalized spacial score (nSPS) is 15.9. The van der Waals surface area contributed by atoms with E-state index in [-0.39, 0.29) is 25.0 Å². The molecule has 2 aliphatic heterocycles. The molecule has 2 N–H and O–H groups in total. The van der Waals surface area contributed by atoms with Gasteiger partial charge in [-0.3, -0.25) is 30.1 Å². The van der Waals surface area contributed by atoms with Crippen LogP contribution < -0.4 is 20.3 Å². The number of thiocarbonyl (C=S) groups is 1. The Balaban J connectivity index is 1.26. The van der Waals surface area contributed by atoms with Gasteiger partial charge in [0.15, 0.2) is 11.5 Å². The maximum atomic E-state index is 12.7. The first-order valence-corrected chi connectivity index (χ1v) is 11.0. The third kappa shape index (κ3) is 5.09. The van der Waals surface area contributed by atoms with Gasteiger partial charge in [-0.2, -0.15) is 0 Å². The molecule has 0 unspecified atom stereocenters. The van der Waals surface area contributed by atoms with Crippen molar-refractivity contribution in [3.8, 4) is 11.5 Å². The van der Waals surface area contributed by atoms with Crippen LogP contribution in [-0.4, -0.2) is 40.3 Å². The Morgan fingerprint density at radius 2 is 1.88 bits per heavy atom. The fraction of sp³-hybridized carbons (Fsp3) is 0.182. The lowest BCUT2D eigenvalue weighted by molar-refractivity contribution is -0.124. The molecule has 2 aromatic carbocycles. The summed E-state index contributed by atoms with van der Waals surface area (Å²) in [7, 11) is 0. The zero-order chi connectivity index (χ0) is 22.5. The number of nitrogens with zero attached hydrogens (tertiary/aromatic N) is 1. The summed E-state index contributed by atoms with van der Waals surface area (Å²) in [5.41, 5.74) is 6.00. The molecule has 2 aromatic rings. The first kappa shape index (κ1) is 21.8. The molecule has 3 amide bonds. The largest absolute Gasteiger partial charge is 0.454 e. The highest BCUT2D eigenvalue weighted by Crippen LogP contribution is 2.36. The molecule has 0 aromatic heterocycles. The SMILES string of the molecule is O=C(CCCN1C(=O)/C(=C/c2ccc3c(c2)OCO3)SC1=S)NNC(=O)c1ccccc1. The van der Waals surface area contributed by atoms with E-state index in [1.165, 1.54) is 16.7 Å². The maximum absolute atomic E-state index is 12.7. The van der Waals surface area contributed by atoms with Crippen molar-refractivity contribution in [3.05, 3.63) is 64.6 Å². The average molecular weight is 470 g/mol. The molecule has 4 rings (SSSR count). The highest BCUT2D eigenvalue weighted by atomic mass is 32.2. The monoisotopic (exact) mass is 469 g/mol. The molecule has 0 spiro atoms. The molecule has 0 bridgehead atoms. The van der Waals surface area contributed by atoms with Crippen LogP contribution in [0.15, 0.2) is 53.4 Å². The van der Waals surface area contributed by atoms with Crippen molar-refractivity contribution in [2.24, 2.45) is 0 Å². The number of benzene rings is 2. The van der Waals surface area contributed by atoms with E-state index in [4.69, 9.17) is 21.7 Å². The zero-order valence-electron chi connectivity index (χ0n) is 16.8. The van der Waals surface area contributed by atoms with Crippen LogP contribution >= 0.6 is 24.0 Å². The van der Waals surface area contributed by atoms with Crippen molar-refractivity contribution in [3.63, 3.8) is 0 Å². The zero-order valence-corrected chi connectivity index (χ0v) is 18.5. The molecule has 164 valence electrons. The summed E-state index contributed by atoms with van der Waals surface area (Å²) >= 11 is 6.55. The Morgan fingerprint density at radius 1 is 1.09 bits per heavy atom. The maximum Gasteiger partial charge on any atom is 0.269 e. The van der Waals surface area contributed by atoms with Gasteiger partial charge in [0.25, 0.3) is 11.8 Å². The van der Waals surface area contributed by atoms with Gasteiger partial charge < -0.3 is 9.47 Å². The second kappa shape index (κ2) is 9.84. The van der Waals surface area contributed by atoms with Gasteiger partial charge in [-0.1, -0.05) is 48.2 Å². The van der Waals surface area contributed by atoms with Crippen LogP contribution in [-0.2, 0) is 9.59 Å². The van der Waals surface area contributed by atoms with E-state index in [0.717, 1.165) is 5.56 Å². The summed E-state index contributed by atoms with van der Waals surface area (Å²) in [4.78, 5) is 38.7. The summed E-state index contributed by atoms with van der Waals surface area (Å²) in [6.07, 6.45) is 2.29. The van der Waals surface area contributed by atoms with Crippen LogP contribution in [0.5, 0.6) is 11.5 Å². The van der Waals surface area contributed by atoms with Crippen molar-refractivity contribution < 1.29 is 23.9 Å². The molecule has 0 saturated carbocycles. The number of ether oxygens (including phenoxy) is 2. The molecule has 8 nitrogen and oxygen atoms in total. The van der Waals surface area contributed by atoms with Crippen molar-refractivity contribution in [2.45, 2.75) is 12.8 Å². The molecular formula is C22H19N3O5S2. The van der Waals surface area contributed by atoms with Gasteiger partial charge in [0.05, 0.1) is 4.91 Å². The van der Waals surface area contributed by atoms with E-state index < -0.39 is 5.91 Å². The highest BCUT2D eigenvalue weighted by Gasteiger charge is 2.31. The molecule has 0 aliphatic carbocycles. The molecular weight excluding hydrogens is 450 g/mol. The molecule has 2 aliphatic rings. The number of rotatable bonds is 6. The van der Waals surface area contributed by atoms with E-state index >= 15 is 0 Å². The van der Waals surface area contributed by atoms with E-state index in [9.17, 15) is 14.4 Å². The van der Waals surface area contributed by atoms with Crippen molar-refractivity contribution >= 4 is 52.1 Å². The summed E-state index contributed by atoms with van der Waals surface area (Å²) in [5.74, 6) is 0.364.